The smallest absolute Gasteiger partial charge is 0.208 e. The van der Waals surface area contributed by atoms with Crippen LogP contribution in [0, 0.1) is 6.92 Å². The van der Waals surface area contributed by atoms with Crippen molar-refractivity contribution >= 4 is 19.9 Å². The van der Waals surface area contributed by atoms with Crippen LogP contribution in [0.1, 0.15) is 16.4 Å². The molecule has 1 unspecified atom stereocenters. The topological polar surface area (TPSA) is 93.2 Å². The van der Waals surface area contributed by atoms with E-state index in [4.69, 9.17) is 0 Å². The third-order valence-corrected chi connectivity index (χ3v) is 6.12. The zero-order chi connectivity index (χ0) is 17.1. The van der Waals surface area contributed by atoms with Gasteiger partial charge in [-0.15, -0.1) is 0 Å². The van der Waals surface area contributed by atoms with Crippen molar-refractivity contribution in [3.8, 4) is 0 Å². The predicted octanol–water partition coefficient (Wildman–Crippen LogP) is 1.45. The summed E-state index contributed by atoms with van der Waals surface area (Å²) in [5.41, 5.74) is 1.38. The van der Waals surface area contributed by atoms with E-state index in [-0.39, 0.29) is 11.4 Å². The van der Waals surface area contributed by atoms with Gasteiger partial charge in [0.15, 0.2) is 9.84 Å². The van der Waals surface area contributed by atoms with E-state index in [1.54, 1.807) is 24.3 Å². The van der Waals surface area contributed by atoms with Crippen LogP contribution in [-0.4, -0.2) is 34.6 Å². The first-order chi connectivity index (χ1) is 10.7. The summed E-state index contributed by atoms with van der Waals surface area (Å²) in [5, 5.41) is -1.05. The van der Waals surface area contributed by atoms with Gasteiger partial charge in [0.05, 0.1) is 11.2 Å². The first-order valence-electron chi connectivity index (χ1n) is 6.85. The molecule has 1 aromatic heterocycles. The van der Waals surface area contributed by atoms with E-state index in [9.17, 15) is 16.8 Å². The van der Waals surface area contributed by atoms with Gasteiger partial charge in [0.1, 0.15) is 5.25 Å². The van der Waals surface area contributed by atoms with E-state index in [0.717, 1.165) is 11.8 Å². The molecule has 2 aromatic rings. The van der Waals surface area contributed by atoms with Crippen molar-refractivity contribution in [2.45, 2.75) is 17.1 Å². The van der Waals surface area contributed by atoms with Crippen LogP contribution in [0.5, 0.6) is 0 Å². The molecular formula is C15H18N2O4S2. The zero-order valence-electron chi connectivity index (χ0n) is 12.8. The number of pyridine rings is 1. The summed E-state index contributed by atoms with van der Waals surface area (Å²) < 4.78 is 50.8. The Hall–Kier alpha value is -1.77. The molecule has 6 nitrogen and oxygen atoms in total. The number of sulfonamides is 1. The molecule has 0 saturated carbocycles. The average Bonchev–Trinajstić information content (AvgIpc) is 2.47. The molecule has 0 amide bonds. The van der Waals surface area contributed by atoms with Crippen molar-refractivity contribution in [1.82, 2.24) is 9.71 Å². The molecule has 23 heavy (non-hydrogen) atoms. The molecule has 1 atom stereocenters. The standard InChI is InChI=1S/C15H18N2O4S2/c1-12-5-7-14(8-6-12)23(20,21)15(11-17-22(2,18)19)13-4-3-9-16-10-13/h3-10,15,17H,11H2,1-2H3. The van der Waals surface area contributed by atoms with E-state index in [2.05, 4.69) is 9.71 Å². The van der Waals surface area contributed by atoms with Crippen LogP contribution in [0.3, 0.4) is 0 Å². The molecule has 0 saturated heterocycles. The molecule has 1 N–H and O–H groups in total. The highest BCUT2D eigenvalue weighted by Gasteiger charge is 2.30. The fraction of sp³-hybridized carbons (Fsp3) is 0.267. The van der Waals surface area contributed by atoms with E-state index < -0.39 is 25.1 Å². The van der Waals surface area contributed by atoms with Crippen LogP contribution in [0.15, 0.2) is 53.7 Å². The highest BCUT2D eigenvalue weighted by Crippen LogP contribution is 2.28. The SMILES string of the molecule is Cc1ccc(S(=O)(=O)C(CNS(C)(=O)=O)c2cccnc2)cc1. The summed E-state index contributed by atoms with van der Waals surface area (Å²) >= 11 is 0. The van der Waals surface area contributed by atoms with Crippen molar-refractivity contribution < 1.29 is 16.8 Å². The van der Waals surface area contributed by atoms with Crippen LogP contribution in [0.25, 0.3) is 0 Å². The van der Waals surface area contributed by atoms with Crippen LogP contribution >= 0.6 is 0 Å². The molecule has 1 aromatic carbocycles. The third-order valence-electron chi connectivity index (χ3n) is 3.31. The van der Waals surface area contributed by atoms with Gasteiger partial charge in [0.2, 0.25) is 10.0 Å². The van der Waals surface area contributed by atoms with Gasteiger partial charge in [0, 0.05) is 18.9 Å². The Labute approximate surface area is 136 Å². The Kier molecular flexibility index (Phi) is 5.18. The molecule has 1 heterocycles. The number of nitrogens with zero attached hydrogens (tertiary/aromatic N) is 1. The highest BCUT2D eigenvalue weighted by molar-refractivity contribution is 7.92. The largest absolute Gasteiger partial charge is 0.264 e. The molecule has 0 aliphatic rings. The number of sulfone groups is 1. The fourth-order valence-corrected chi connectivity index (χ4v) is 4.31. The summed E-state index contributed by atoms with van der Waals surface area (Å²) in [4.78, 5) is 4.08. The quantitative estimate of drug-likeness (QED) is 0.847. The van der Waals surface area contributed by atoms with E-state index in [1.807, 2.05) is 6.92 Å². The van der Waals surface area contributed by atoms with Crippen molar-refractivity contribution in [2.75, 3.05) is 12.8 Å². The Balaban J connectivity index is 2.45. The maximum absolute atomic E-state index is 12.9. The Morgan fingerprint density at radius 1 is 1.09 bits per heavy atom. The third kappa shape index (κ3) is 4.60. The summed E-state index contributed by atoms with van der Waals surface area (Å²) in [6.07, 6.45) is 3.95. The van der Waals surface area contributed by atoms with Crippen molar-refractivity contribution in [2.24, 2.45) is 0 Å². The van der Waals surface area contributed by atoms with Gasteiger partial charge in [0.25, 0.3) is 0 Å². The lowest BCUT2D eigenvalue weighted by molar-refractivity contribution is 0.571. The molecule has 0 radical (unpaired) electrons. The summed E-state index contributed by atoms with van der Waals surface area (Å²) in [6, 6.07) is 9.69. The number of nitrogens with one attached hydrogen (secondary N) is 1. The van der Waals surface area contributed by atoms with E-state index in [1.165, 1.54) is 24.5 Å². The van der Waals surface area contributed by atoms with E-state index in [0.29, 0.717) is 5.56 Å². The molecule has 2 rings (SSSR count). The van der Waals surface area contributed by atoms with Crippen LogP contribution in [-0.2, 0) is 19.9 Å². The van der Waals surface area contributed by atoms with E-state index >= 15 is 0 Å². The van der Waals surface area contributed by atoms with Gasteiger partial charge in [-0.05, 0) is 30.7 Å². The van der Waals surface area contributed by atoms with Gasteiger partial charge in [-0.2, -0.15) is 0 Å². The Morgan fingerprint density at radius 3 is 2.26 bits per heavy atom. The van der Waals surface area contributed by atoms with Gasteiger partial charge < -0.3 is 0 Å². The minimum Gasteiger partial charge on any atom is -0.264 e. The first kappa shape index (κ1) is 17.6. The molecule has 0 bridgehead atoms. The second-order valence-electron chi connectivity index (χ2n) is 5.25. The van der Waals surface area contributed by atoms with Crippen molar-refractivity contribution in [3.63, 3.8) is 0 Å². The predicted molar refractivity (Wildman–Crippen MR) is 88.2 cm³/mol. The van der Waals surface area contributed by atoms with Gasteiger partial charge in [-0.25, -0.2) is 21.6 Å². The molecule has 8 heteroatoms. The average molecular weight is 354 g/mol. The summed E-state index contributed by atoms with van der Waals surface area (Å²) in [7, 11) is -7.27. The van der Waals surface area contributed by atoms with Crippen LogP contribution in [0.2, 0.25) is 0 Å². The molecule has 0 aliphatic heterocycles. The second kappa shape index (κ2) is 6.77. The Morgan fingerprint density at radius 2 is 1.74 bits per heavy atom. The van der Waals surface area contributed by atoms with Crippen LogP contribution in [0.4, 0.5) is 0 Å². The van der Waals surface area contributed by atoms with Crippen molar-refractivity contribution in [1.29, 1.82) is 0 Å². The maximum atomic E-state index is 12.9. The second-order valence-corrected chi connectivity index (χ2v) is 9.22. The highest BCUT2D eigenvalue weighted by atomic mass is 32.2. The van der Waals surface area contributed by atoms with Crippen molar-refractivity contribution in [3.05, 3.63) is 59.9 Å². The summed E-state index contributed by atoms with van der Waals surface area (Å²) in [6.45, 7) is 1.61. The number of rotatable bonds is 6. The lowest BCUT2D eigenvalue weighted by atomic mass is 10.2. The molecule has 124 valence electrons. The maximum Gasteiger partial charge on any atom is 0.208 e. The monoisotopic (exact) mass is 354 g/mol. The molecule has 0 aliphatic carbocycles. The Bertz CT molecular complexity index is 861. The fourth-order valence-electron chi connectivity index (χ4n) is 2.09. The van der Waals surface area contributed by atoms with Gasteiger partial charge in [-0.1, -0.05) is 23.8 Å². The van der Waals surface area contributed by atoms with Gasteiger partial charge >= 0.3 is 0 Å². The molecule has 0 fully saturated rings. The lowest BCUT2D eigenvalue weighted by Crippen LogP contribution is -2.31. The normalized spacial score (nSPS) is 13.7. The number of benzene rings is 1. The van der Waals surface area contributed by atoms with Crippen LogP contribution < -0.4 is 4.72 Å². The number of aromatic nitrogens is 1. The minimum atomic E-state index is -3.76. The number of hydrogen-bond donors (Lipinski definition) is 1. The minimum absolute atomic E-state index is 0.146. The van der Waals surface area contributed by atoms with Gasteiger partial charge in [-0.3, -0.25) is 4.98 Å². The lowest BCUT2D eigenvalue weighted by Gasteiger charge is -2.18. The number of aryl methyl sites for hydroxylation is 1. The zero-order valence-corrected chi connectivity index (χ0v) is 14.4. The first-order valence-corrected chi connectivity index (χ1v) is 10.3. The molecule has 0 spiro atoms. The number of hydrogen-bond acceptors (Lipinski definition) is 5. The molecular weight excluding hydrogens is 336 g/mol. The summed E-state index contributed by atoms with van der Waals surface area (Å²) in [5.74, 6) is 0.